The summed E-state index contributed by atoms with van der Waals surface area (Å²) in [6.07, 6.45) is 0. The molecule has 6 heteroatoms. The Morgan fingerprint density at radius 2 is 1.46 bits per heavy atom. The second-order valence-corrected chi connectivity index (χ2v) is 5.35. The van der Waals surface area contributed by atoms with Crippen molar-refractivity contribution < 1.29 is 4.92 Å². The molecule has 0 saturated carbocycles. The molecule has 5 N–H and O–H groups in total. The molecule has 0 radical (unpaired) electrons. The number of benzene rings is 3. The Balaban J connectivity index is 1.88. The van der Waals surface area contributed by atoms with E-state index in [1.165, 1.54) is 12.1 Å². The molecule has 0 fully saturated rings. The Morgan fingerprint density at radius 1 is 0.833 bits per heavy atom. The van der Waals surface area contributed by atoms with Crippen LogP contribution >= 0.6 is 0 Å². The number of nitro groups is 1. The molecule has 0 aromatic heterocycles. The number of hydrogen-bond donors (Lipinski definition) is 3. The summed E-state index contributed by atoms with van der Waals surface area (Å²) in [4.78, 5) is 10.3. The van der Waals surface area contributed by atoms with Gasteiger partial charge in [0.05, 0.1) is 4.92 Å². The van der Waals surface area contributed by atoms with Gasteiger partial charge < -0.3 is 16.8 Å². The highest BCUT2D eigenvalue weighted by molar-refractivity contribution is 5.81. The lowest BCUT2D eigenvalue weighted by Gasteiger charge is -2.11. The maximum Gasteiger partial charge on any atom is 0.269 e. The lowest BCUT2D eigenvalue weighted by atomic mass is 10.0. The molecule has 120 valence electrons. The molecule has 0 unspecified atom stereocenters. The van der Waals surface area contributed by atoms with Gasteiger partial charge in [-0.2, -0.15) is 0 Å². The maximum atomic E-state index is 10.7. The van der Waals surface area contributed by atoms with Gasteiger partial charge in [0.1, 0.15) is 0 Å². The molecule has 6 nitrogen and oxygen atoms in total. The third-order valence-electron chi connectivity index (χ3n) is 3.64. The van der Waals surface area contributed by atoms with Crippen molar-refractivity contribution in [1.29, 1.82) is 0 Å². The van der Waals surface area contributed by atoms with Crippen molar-refractivity contribution in [1.82, 2.24) is 0 Å². The highest BCUT2D eigenvalue weighted by Crippen LogP contribution is 2.31. The third kappa shape index (κ3) is 3.27. The average Bonchev–Trinajstić information content (AvgIpc) is 2.58. The van der Waals surface area contributed by atoms with Crippen LogP contribution in [0.1, 0.15) is 0 Å². The van der Waals surface area contributed by atoms with Gasteiger partial charge in [-0.1, -0.05) is 12.1 Å². The van der Waals surface area contributed by atoms with Gasteiger partial charge in [0.25, 0.3) is 5.69 Å². The number of hydrogen-bond acceptors (Lipinski definition) is 5. The Labute approximate surface area is 138 Å². The molecule has 3 rings (SSSR count). The molecule has 0 spiro atoms. The number of nitrogen functional groups attached to an aromatic ring is 2. The van der Waals surface area contributed by atoms with Gasteiger partial charge in [-0.25, -0.2) is 0 Å². The summed E-state index contributed by atoms with van der Waals surface area (Å²) >= 11 is 0. The van der Waals surface area contributed by atoms with Gasteiger partial charge in [0.2, 0.25) is 0 Å². The molecule has 0 aliphatic heterocycles. The quantitative estimate of drug-likeness (QED) is 0.380. The van der Waals surface area contributed by atoms with Crippen LogP contribution in [0.25, 0.3) is 11.1 Å². The second-order valence-electron chi connectivity index (χ2n) is 5.35. The van der Waals surface area contributed by atoms with Crippen LogP contribution in [0, 0.1) is 10.1 Å². The summed E-state index contributed by atoms with van der Waals surface area (Å²) in [7, 11) is 0. The normalized spacial score (nSPS) is 10.3. The van der Waals surface area contributed by atoms with Crippen LogP contribution in [0.2, 0.25) is 0 Å². The number of nitrogens with one attached hydrogen (secondary N) is 1. The van der Waals surface area contributed by atoms with E-state index in [2.05, 4.69) is 5.32 Å². The van der Waals surface area contributed by atoms with Crippen molar-refractivity contribution in [3.63, 3.8) is 0 Å². The fraction of sp³-hybridized carbons (Fsp3) is 0. The number of non-ortho nitro benzene ring substituents is 1. The van der Waals surface area contributed by atoms with E-state index in [4.69, 9.17) is 11.5 Å². The molecule has 0 atom stereocenters. The summed E-state index contributed by atoms with van der Waals surface area (Å²) < 4.78 is 0. The highest BCUT2D eigenvalue weighted by Gasteiger charge is 2.07. The van der Waals surface area contributed by atoms with Crippen molar-refractivity contribution in [2.75, 3.05) is 16.8 Å². The van der Waals surface area contributed by atoms with Crippen LogP contribution in [0.5, 0.6) is 0 Å². The van der Waals surface area contributed by atoms with Crippen molar-refractivity contribution in [3.05, 3.63) is 76.8 Å². The number of nitrogens with zero attached hydrogens (tertiary/aromatic N) is 1. The van der Waals surface area contributed by atoms with E-state index in [-0.39, 0.29) is 5.69 Å². The molecule has 0 bridgehead atoms. The average molecular weight is 320 g/mol. The minimum atomic E-state index is -0.424. The Morgan fingerprint density at radius 3 is 2.08 bits per heavy atom. The summed E-state index contributed by atoms with van der Waals surface area (Å²) in [5, 5.41) is 13.9. The van der Waals surface area contributed by atoms with E-state index in [1.54, 1.807) is 12.1 Å². The standard InChI is InChI=1S/C18H16N4O2/c19-13-3-1-12(2-4-13)17-11-15(7-10-18(17)20)21-14-5-8-16(9-6-14)22(23)24/h1-11,21H,19-20H2. The molecule has 0 amide bonds. The van der Waals surface area contributed by atoms with Crippen LogP contribution in [0.3, 0.4) is 0 Å². The Hall–Kier alpha value is -3.54. The van der Waals surface area contributed by atoms with Crippen molar-refractivity contribution in [2.24, 2.45) is 0 Å². The molecule has 0 aliphatic carbocycles. The van der Waals surface area contributed by atoms with Crippen molar-refractivity contribution >= 4 is 28.4 Å². The van der Waals surface area contributed by atoms with E-state index in [0.29, 0.717) is 11.4 Å². The van der Waals surface area contributed by atoms with Gasteiger partial charge in [-0.05, 0) is 48.0 Å². The van der Waals surface area contributed by atoms with Crippen molar-refractivity contribution in [2.45, 2.75) is 0 Å². The molecule has 3 aromatic carbocycles. The fourth-order valence-corrected chi connectivity index (χ4v) is 2.38. The number of anilines is 4. The lowest BCUT2D eigenvalue weighted by Crippen LogP contribution is -1.95. The number of rotatable bonds is 4. The molecule has 0 saturated heterocycles. The largest absolute Gasteiger partial charge is 0.399 e. The van der Waals surface area contributed by atoms with E-state index in [9.17, 15) is 10.1 Å². The van der Waals surface area contributed by atoms with E-state index >= 15 is 0 Å². The first kappa shape index (κ1) is 15.4. The van der Waals surface area contributed by atoms with Gasteiger partial charge in [0, 0.05) is 40.4 Å². The number of nitro benzene ring substituents is 1. The van der Waals surface area contributed by atoms with Crippen LogP contribution in [0.15, 0.2) is 66.7 Å². The van der Waals surface area contributed by atoms with Gasteiger partial charge in [0.15, 0.2) is 0 Å². The van der Waals surface area contributed by atoms with E-state index < -0.39 is 4.92 Å². The van der Waals surface area contributed by atoms with Crippen molar-refractivity contribution in [3.8, 4) is 11.1 Å². The molecule has 0 aliphatic rings. The zero-order chi connectivity index (χ0) is 17.1. The Bertz CT molecular complexity index is 875. The highest BCUT2D eigenvalue weighted by atomic mass is 16.6. The Kier molecular flexibility index (Phi) is 4.03. The van der Waals surface area contributed by atoms with Gasteiger partial charge >= 0.3 is 0 Å². The minimum absolute atomic E-state index is 0.0559. The monoisotopic (exact) mass is 320 g/mol. The zero-order valence-corrected chi connectivity index (χ0v) is 12.8. The first-order valence-corrected chi connectivity index (χ1v) is 7.30. The van der Waals surface area contributed by atoms with Gasteiger partial charge in [-0.3, -0.25) is 10.1 Å². The van der Waals surface area contributed by atoms with E-state index in [1.807, 2.05) is 42.5 Å². The third-order valence-corrected chi connectivity index (χ3v) is 3.64. The van der Waals surface area contributed by atoms with Gasteiger partial charge in [-0.15, -0.1) is 0 Å². The minimum Gasteiger partial charge on any atom is -0.399 e. The van der Waals surface area contributed by atoms with Crippen LogP contribution in [-0.4, -0.2) is 4.92 Å². The molecule has 0 heterocycles. The number of nitrogens with two attached hydrogens (primary N) is 2. The summed E-state index contributed by atoms with van der Waals surface area (Å²) in [6.45, 7) is 0. The summed E-state index contributed by atoms with van der Waals surface area (Å²) in [5.74, 6) is 0. The summed E-state index contributed by atoms with van der Waals surface area (Å²) in [5.41, 5.74) is 16.7. The molecule has 3 aromatic rings. The zero-order valence-electron chi connectivity index (χ0n) is 12.8. The molecular formula is C18H16N4O2. The molecular weight excluding hydrogens is 304 g/mol. The van der Waals surface area contributed by atoms with Crippen LogP contribution < -0.4 is 16.8 Å². The predicted octanol–water partition coefficient (Wildman–Crippen LogP) is 4.17. The topological polar surface area (TPSA) is 107 Å². The maximum absolute atomic E-state index is 10.7. The molecule has 24 heavy (non-hydrogen) atoms. The first-order chi connectivity index (χ1) is 11.5. The first-order valence-electron chi connectivity index (χ1n) is 7.30. The smallest absolute Gasteiger partial charge is 0.269 e. The SMILES string of the molecule is Nc1ccc(-c2cc(Nc3ccc([N+](=O)[O-])cc3)ccc2N)cc1. The summed E-state index contributed by atoms with van der Waals surface area (Å²) in [6, 6.07) is 19.3. The van der Waals surface area contributed by atoms with Crippen LogP contribution in [-0.2, 0) is 0 Å². The predicted molar refractivity (Wildman–Crippen MR) is 97.1 cm³/mol. The lowest BCUT2D eigenvalue weighted by molar-refractivity contribution is -0.384. The van der Waals surface area contributed by atoms with Crippen LogP contribution in [0.4, 0.5) is 28.4 Å². The van der Waals surface area contributed by atoms with E-state index in [0.717, 1.165) is 22.5 Å². The fourth-order valence-electron chi connectivity index (χ4n) is 2.38. The second kappa shape index (κ2) is 6.29.